The molecule has 27 heavy (non-hydrogen) atoms. The Kier molecular flexibility index (Phi) is 5.79. The summed E-state index contributed by atoms with van der Waals surface area (Å²) < 4.78 is 19.6. The normalized spacial score (nSPS) is 17.0. The highest BCUT2D eigenvalue weighted by atomic mass is 35.5. The van der Waals surface area contributed by atoms with Crippen LogP contribution >= 0.6 is 11.6 Å². The maximum Gasteiger partial charge on any atom is 0.343 e. The van der Waals surface area contributed by atoms with Gasteiger partial charge in [-0.05, 0) is 49.9 Å². The van der Waals surface area contributed by atoms with E-state index in [1.54, 1.807) is 11.8 Å². The van der Waals surface area contributed by atoms with Crippen molar-refractivity contribution in [2.75, 3.05) is 19.7 Å². The number of carbonyl (C=O) groups excluding carboxylic acids is 2. The molecule has 144 valence electrons. The van der Waals surface area contributed by atoms with Crippen molar-refractivity contribution in [3.05, 3.63) is 46.5 Å². The second-order valence-corrected chi connectivity index (χ2v) is 7.16. The Balaban J connectivity index is 1.70. The number of hydrogen-bond acceptors (Lipinski definition) is 4. The van der Waals surface area contributed by atoms with Gasteiger partial charge in [0.25, 0.3) is 5.91 Å². The van der Waals surface area contributed by atoms with Gasteiger partial charge in [0.1, 0.15) is 16.5 Å². The van der Waals surface area contributed by atoms with Gasteiger partial charge < -0.3 is 9.64 Å². The summed E-state index contributed by atoms with van der Waals surface area (Å²) in [5.74, 6) is -0.855. The molecule has 0 saturated carbocycles. The third kappa shape index (κ3) is 4.30. The maximum atomic E-state index is 13.1. The summed E-state index contributed by atoms with van der Waals surface area (Å²) in [5, 5.41) is 4.28. The topological polar surface area (TPSA) is 64.4 Å². The van der Waals surface area contributed by atoms with E-state index in [1.165, 1.54) is 28.9 Å². The Morgan fingerprint density at radius 1 is 1.33 bits per heavy atom. The number of hydrogen-bond donors (Lipinski definition) is 0. The van der Waals surface area contributed by atoms with Crippen LogP contribution in [0.15, 0.2) is 24.3 Å². The van der Waals surface area contributed by atoms with Gasteiger partial charge in [-0.25, -0.2) is 13.9 Å². The molecule has 1 aliphatic rings. The van der Waals surface area contributed by atoms with Crippen molar-refractivity contribution in [1.82, 2.24) is 14.7 Å². The van der Waals surface area contributed by atoms with Gasteiger partial charge >= 0.3 is 5.97 Å². The van der Waals surface area contributed by atoms with Crippen LogP contribution in [0.25, 0.3) is 5.69 Å². The van der Waals surface area contributed by atoms with Gasteiger partial charge in [0.15, 0.2) is 6.61 Å². The van der Waals surface area contributed by atoms with Crippen LogP contribution in [0.1, 0.15) is 35.8 Å². The molecule has 1 aromatic heterocycles. The summed E-state index contributed by atoms with van der Waals surface area (Å²) in [6.07, 6.45) is 2.05. The van der Waals surface area contributed by atoms with E-state index in [0.717, 1.165) is 12.8 Å². The number of benzene rings is 1. The van der Waals surface area contributed by atoms with Crippen molar-refractivity contribution >= 4 is 23.5 Å². The summed E-state index contributed by atoms with van der Waals surface area (Å²) in [6, 6.07) is 5.56. The molecular formula is C19H21ClFN3O3. The standard InChI is InChI=1S/C19H21ClFN3O3/c1-12-4-3-9-23(10-12)16(25)11-27-19(26)17-13(2)22-24(18(17)20)15-7-5-14(21)6-8-15/h5-8,12H,3-4,9-11H2,1-2H3. The highest BCUT2D eigenvalue weighted by molar-refractivity contribution is 6.33. The average molecular weight is 394 g/mol. The first kappa shape index (κ1) is 19.4. The Morgan fingerprint density at radius 2 is 2.04 bits per heavy atom. The fourth-order valence-electron chi connectivity index (χ4n) is 3.19. The van der Waals surface area contributed by atoms with Crippen LogP contribution in [0.5, 0.6) is 0 Å². The minimum atomic E-state index is -0.704. The van der Waals surface area contributed by atoms with Crippen molar-refractivity contribution in [3.63, 3.8) is 0 Å². The molecule has 1 amide bonds. The fraction of sp³-hybridized carbons (Fsp3) is 0.421. The van der Waals surface area contributed by atoms with E-state index in [9.17, 15) is 14.0 Å². The van der Waals surface area contributed by atoms with E-state index in [4.69, 9.17) is 16.3 Å². The van der Waals surface area contributed by atoms with Gasteiger partial charge in [-0.2, -0.15) is 5.10 Å². The molecular weight excluding hydrogens is 373 g/mol. The molecule has 0 radical (unpaired) electrons. The van der Waals surface area contributed by atoms with Crippen LogP contribution in [-0.4, -0.2) is 46.3 Å². The number of likely N-dealkylation sites (tertiary alicyclic amines) is 1. The molecule has 0 bridgehead atoms. The first-order chi connectivity index (χ1) is 12.9. The highest BCUT2D eigenvalue weighted by Crippen LogP contribution is 2.24. The zero-order valence-corrected chi connectivity index (χ0v) is 16.0. The minimum Gasteiger partial charge on any atom is -0.452 e. The van der Waals surface area contributed by atoms with E-state index in [2.05, 4.69) is 12.0 Å². The molecule has 1 atom stereocenters. The quantitative estimate of drug-likeness (QED) is 0.747. The molecule has 1 aliphatic heterocycles. The van der Waals surface area contributed by atoms with Crippen LogP contribution in [0.3, 0.4) is 0 Å². The van der Waals surface area contributed by atoms with Crippen molar-refractivity contribution < 1.29 is 18.7 Å². The van der Waals surface area contributed by atoms with Crippen LogP contribution in [0.2, 0.25) is 5.15 Å². The lowest BCUT2D eigenvalue weighted by molar-refractivity contribution is -0.136. The molecule has 1 aromatic carbocycles. The number of amides is 1. The number of rotatable bonds is 4. The van der Waals surface area contributed by atoms with Crippen LogP contribution in [-0.2, 0) is 9.53 Å². The van der Waals surface area contributed by atoms with Gasteiger partial charge in [0, 0.05) is 13.1 Å². The summed E-state index contributed by atoms with van der Waals surface area (Å²) in [6.45, 7) is 4.75. The van der Waals surface area contributed by atoms with Gasteiger partial charge in [-0.1, -0.05) is 18.5 Å². The number of halogens is 2. The number of carbonyl (C=O) groups is 2. The second-order valence-electron chi connectivity index (χ2n) is 6.80. The third-order valence-electron chi connectivity index (χ3n) is 4.62. The van der Waals surface area contributed by atoms with Gasteiger partial charge in [0.2, 0.25) is 0 Å². The van der Waals surface area contributed by atoms with E-state index >= 15 is 0 Å². The molecule has 1 fully saturated rings. The van der Waals surface area contributed by atoms with Gasteiger partial charge in [-0.3, -0.25) is 4.79 Å². The highest BCUT2D eigenvalue weighted by Gasteiger charge is 2.25. The second kappa shape index (κ2) is 8.08. The first-order valence-electron chi connectivity index (χ1n) is 8.82. The summed E-state index contributed by atoms with van der Waals surface area (Å²) in [5.41, 5.74) is 0.983. The summed E-state index contributed by atoms with van der Waals surface area (Å²) in [7, 11) is 0. The summed E-state index contributed by atoms with van der Waals surface area (Å²) >= 11 is 6.29. The van der Waals surface area contributed by atoms with E-state index in [-0.39, 0.29) is 29.0 Å². The number of nitrogens with zero attached hydrogens (tertiary/aromatic N) is 3. The van der Waals surface area contributed by atoms with E-state index in [0.29, 0.717) is 30.4 Å². The Labute approximate surface area is 161 Å². The molecule has 8 heteroatoms. The number of piperidine rings is 1. The number of esters is 1. The molecule has 1 unspecified atom stereocenters. The van der Waals surface area contributed by atoms with Crippen LogP contribution in [0, 0.1) is 18.7 Å². The lowest BCUT2D eigenvalue weighted by Gasteiger charge is -2.30. The largest absolute Gasteiger partial charge is 0.452 e. The number of aryl methyl sites for hydroxylation is 1. The molecule has 0 spiro atoms. The van der Waals surface area contributed by atoms with Crippen LogP contribution in [0.4, 0.5) is 4.39 Å². The monoisotopic (exact) mass is 393 g/mol. The molecule has 3 rings (SSSR count). The predicted octanol–water partition coefficient (Wildman–Crippen LogP) is 3.39. The van der Waals surface area contributed by atoms with Crippen molar-refractivity contribution in [2.24, 2.45) is 5.92 Å². The van der Waals surface area contributed by atoms with Gasteiger partial charge in [-0.15, -0.1) is 0 Å². The maximum absolute atomic E-state index is 13.1. The number of aromatic nitrogens is 2. The third-order valence-corrected chi connectivity index (χ3v) is 4.96. The first-order valence-corrected chi connectivity index (χ1v) is 9.20. The van der Waals surface area contributed by atoms with Gasteiger partial charge in [0.05, 0.1) is 11.4 Å². The molecule has 2 heterocycles. The minimum absolute atomic E-state index is 0.0585. The SMILES string of the molecule is Cc1nn(-c2ccc(F)cc2)c(Cl)c1C(=O)OCC(=O)N1CCCC(C)C1. The average Bonchev–Trinajstić information content (AvgIpc) is 2.94. The summed E-state index contributed by atoms with van der Waals surface area (Å²) in [4.78, 5) is 26.4. The van der Waals surface area contributed by atoms with E-state index < -0.39 is 5.97 Å². The van der Waals surface area contributed by atoms with E-state index in [1.807, 2.05) is 0 Å². The molecule has 6 nitrogen and oxygen atoms in total. The Hall–Kier alpha value is -2.41. The molecule has 1 saturated heterocycles. The lowest BCUT2D eigenvalue weighted by Crippen LogP contribution is -2.41. The number of ether oxygens (including phenoxy) is 1. The Bertz CT molecular complexity index is 851. The molecule has 2 aromatic rings. The van der Waals surface area contributed by atoms with Crippen LogP contribution < -0.4 is 0 Å². The zero-order chi connectivity index (χ0) is 19.6. The molecule has 0 N–H and O–H groups in total. The Morgan fingerprint density at radius 3 is 2.70 bits per heavy atom. The van der Waals surface area contributed by atoms with Crippen molar-refractivity contribution in [2.45, 2.75) is 26.7 Å². The predicted molar refractivity (Wildman–Crippen MR) is 98.5 cm³/mol. The lowest BCUT2D eigenvalue weighted by atomic mass is 10.0. The molecule has 0 aliphatic carbocycles. The van der Waals surface area contributed by atoms with Crippen molar-refractivity contribution in [3.8, 4) is 5.69 Å². The zero-order valence-electron chi connectivity index (χ0n) is 15.2. The van der Waals surface area contributed by atoms with Crippen molar-refractivity contribution in [1.29, 1.82) is 0 Å². The fourth-order valence-corrected chi connectivity index (χ4v) is 3.54. The smallest absolute Gasteiger partial charge is 0.343 e.